The van der Waals surface area contributed by atoms with Gasteiger partial charge in [-0.05, 0) is 37.3 Å². The lowest BCUT2D eigenvalue weighted by atomic mass is 10.1. The number of para-hydroxylation sites is 1. The number of ketones is 1. The smallest absolute Gasteiger partial charge is 0.161 e. The highest BCUT2D eigenvalue weighted by Crippen LogP contribution is 2.28. The number of Topliss-reactive ketones (excluding diaryl/α,β-unsaturated/α-hetero) is 1. The van der Waals surface area contributed by atoms with Gasteiger partial charge in [-0.2, -0.15) is 0 Å². The molecule has 3 aromatic rings. The predicted molar refractivity (Wildman–Crippen MR) is 92.0 cm³/mol. The van der Waals surface area contributed by atoms with E-state index in [1.54, 1.807) is 22.9 Å². The SMILES string of the molecule is COc1cc(C(C)=O)ccc1OC[C@H](O)Cn1nnc2ccccc21. The summed E-state index contributed by atoms with van der Waals surface area (Å²) in [5, 5.41) is 18.3. The molecule has 7 nitrogen and oxygen atoms in total. The van der Waals surface area contributed by atoms with Crippen molar-refractivity contribution >= 4 is 16.8 Å². The van der Waals surface area contributed by atoms with Crippen LogP contribution >= 0.6 is 0 Å². The maximum absolute atomic E-state index is 11.4. The van der Waals surface area contributed by atoms with Crippen molar-refractivity contribution in [3.8, 4) is 11.5 Å². The van der Waals surface area contributed by atoms with Crippen LogP contribution in [0.3, 0.4) is 0 Å². The molecule has 0 saturated carbocycles. The molecule has 1 aromatic heterocycles. The second-order valence-electron chi connectivity index (χ2n) is 5.65. The molecule has 0 aliphatic carbocycles. The quantitative estimate of drug-likeness (QED) is 0.662. The Morgan fingerprint density at radius 2 is 2.04 bits per heavy atom. The van der Waals surface area contributed by atoms with Gasteiger partial charge in [-0.25, -0.2) is 4.68 Å². The Balaban J connectivity index is 1.66. The molecule has 7 heteroatoms. The Hall–Kier alpha value is -2.93. The van der Waals surface area contributed by atoms with Crippen molar-refractivity contribution in [1.82, 2.24) is 15.0 Å². The van der Waals surface area contributed by atoms with E-state index in [-0.39, 0.29) is 18.9 Å². The van der Waals surface area contributed by atoms with Crippen molar-refractivity contribution in [2.24, 2.45) is 0 Å². The number of aliphatic hydroxyl groups excluding tert-OH is 1. The summed E-state index contributed by atoms with van der Waals surface area (Å²) >= 11 is 0. The Bertz CT molecular complexity index is 891. The molecule has 0 aliphatic heterocycles. The van der Waals surface area contributed by atoms with Crippen LogP contribution in [0.15, 0.2) is 42.5 Å². The Kier molecular flexibility index (Phi) is 4.95. The zero-order chi connectivity index (χ0) is 17.8. The van der Waals surface area contributed by atoms with E-state index in [4.69, 9.17) is 9.47 Å². The van der Waals surface area contributed by atoms with Gasteiger partial charge in [0.1, 0.15) is 18.2 Å². The van der Waals surface area contributed by atoms with Crippen molar-refractivity contribution in [1.29, 1.82) is 0 Å². The van der Waals surface area contributed by atoms with E-state index in [2.05, 4.69) is 10.3 Å². The van der Waals surface area contributed by atoms with Gasteiger partial charge in [0, 0.05) is 5.56 Å². The van der Waals surface area contributed by atoms with Gasteiger partial charge in [-0.1, -0.05) is 17.3 Å². The third-order valence-corrected chi connectivity index (χ3v) is 3.81. The maximum atomic E-state index is 11.4. The van der Waals surface area contributed by atoms with Crippen LogP contribution in [0.5, 0.6) is 11.5 Å². The van der Waals surface area contributed by atoms with Crippen LogP contribution in [-0.4, -0.2) is 45.7 Å². The van der Waals surface area contributed by atoms with Gasteiger partial charge in [0.05, 0.1) is 19.2 Å². The number of hydrogen-bond donors (Lipinski definition) is 1. The standard InChI is InChI=1S/C18H19N3O4/c1-12(22)13-7-8-17(18(9-13)24-2)25-11-14(23)10-21-16-6-4-3-5-15(16)19-20-21/h3-9,14,23H,10-11H2,1-2H3/t14-/m1/s1. The molecule has 3 rings (SSSR count). The summed E-state index contributed by atoms with van der Waals surface area (Å²) in [6, 6.07) is 12.5. The fraction of sp³-hybridized carbons (Fsp3) is 0.278. The summed E-state index contributed by atoms with van der Waals surface area (Å²) in [5.41, 5.74) is 2.17. The minimum atomic E-state index is -0.776. The molecular formula is C18H19N3O4. The first-order chi connectivity index (χ1) is 12.1. The van der Waals surface area contributed by atoms with Crippen LogP contribution in [0.1, 0.15) is 17.3 Å². The van der Waals surface area contributed by atoms with E-state index in [1.807, 2.05) is 24.3 Å². The number of aromatic nitrogens is 3. The van der Waals surface area contributed by atoms with Crippen molar-refractivity contribution in [2.45, 2.75) is 19.6 Å². The van der Waals surface area contributed by atoms with Crippen molar-refractivity contribution in [2.75, 3.05) is 13.7 Å². The van der Waals surface area contributed by atoms with Crippen LogP contribution in [0.2, 0.25) is 0 Å². The van der Waals surface area contributed by atoms with Gasteiger partial charge < -0.3 is 14.6 Å². The number of ether oxygens (including phenoxy) is 2. The lowest BCUT2D eigenvalue weighted by molar-refractivity contribution is 0.0884. The second kappa shape index (κ2) is 7.31. The third-order valence-electron chi connectivity index (χ3n) is 3.81. The molecule has 0 amide bonds. The van der Waals surface area contributed by atoms with Crippen LogP contribution < -0.4 is 9.47 Å². The lowest BCUT2D eigenvalue weighted by Gasteiger charge is -2.15. The first kappa shape index (κ1) is 16.9. The lowest BCUT2D eigenvalue weighted by Crippen LogP contribution is -2.24. The summed E-state index contributed by atoms with van der Waals surface area (Å²) < 4.78 is 12.5. The van der Waals surface area contributed by atoms with Crippen LogP contribution in [0.4, 0.5) is 0 Å². The van der Waals surface area contributed by atoms with E-state index in [0.29, 0.717) is 17.1 Å². The van der Waals surface area contributed by atoms with E-state index in [9.17, 15) is 9.90 Å². The zero-order valence-corrected chi connectivity index (χ0v) is 14.0. The Labute approximate surface area is 144 Å². The number of nitrogens with zero attached hydrogens (tertiary/aromatic N) is 3. The van der Waals surface area contributed by atoms with Gasteiger partial charge in [0.2, 0.25) is 0 Å². The van der Waals surface area contributed by atoms with Crippen molar-refractivity contribution < 1.29 is 19.4 Å². The first-order valence-electron chi connectivity index (χ1n) is 7.86. The van der Waals surface area contributed by atoms with E-state index < -0.39 is 6.10 Å². The summed E-state index contributed by atoms with van der Waals surface area (Å²) in [5.74, 6) is 0.865. The summed E-state index contributed by atoms with van der Waals surface area (Å²) in [7, 11) is 1.50. The van der Waals surface area contributed by atoms with Crippen molar-refractivity contribution in [3.05, 3.63) is 48.0 Å². The molecule has 0 radical (unpaired) electrons. The third kappa shape index (κ3) is 3.77. The fourth-order valence-electron chi connectivity index (χ4n) is 2.50. The van der Waals surface area contributed by atoms with E-state index >= 15 is 0 Å². The first-order valence-corrected chi connectivity index (χ1v) is 7.86. The zero-order valence-electron chi connectivity index (χ0n) is 14.0. The molecule has 2 aromatic carbocycles. The van der Waals surface area contributed by atoms with Gasteiger partial charge in [-0.3, -0.25) is 4.79 Å². The molecule has 0 bridgehead atoms. The topological polar surface area (TPSA) is 86.5 Å². The molecule has 25 heavy (non-hydrogen) atoms. The number of aliphatic hydroxyl groups is 1. The molecule has 0 aliphatic rings. The van der Waals surface area contributed by atoms with Gasteiger partial charge >= 0.3 is 0 Å². The average molecular weight is 341 g/mol. The average Bonchev–Trinajstić information content (AvgIpc) is 3.02. The Morgan fingerprint density at radius 1 is 1.24 bits per heavy atom. The molecule has 0 saturated heterocycles. The summed E-state index contributed by atoms with van der Waals surface area (Å²) in [6.07, 6.45) is -0.776. The molecule has 1 heterocycles. The normalized spacial score (nSPS) is 12.1. The number of fused-ring (bicyclic) bond motifs is 1. The van der Waals surface area contributed by atoms with Gasteiger partial charge in [0.25, 0.3) is 0 Å². The van der Waals surface area contributed by atoms with E-state index in [1.165, 1.54) is 14.0 Å². The molecule has 0 unspecified atom stereocenters. The predicted octanol–water partition coefficient (Wildman–Crippen LogP) is 2.08. The van der Waals surface area contributed by atoms with Crippen LogP contribution in [0, 0.1) is 0 Å². The minimum absolute atomic E-state index is 0.0528. The summed E-state index contributed by atoms with van der Waals surface area (Å²) in [4.78, 5) is 11.4. The number of carbonyl (C=O) groups is 1. The Morgan fingerprint density at radius 3 is 2.80 bits per heavy atom. The molecule has 1 atom stereocenters. The monoisotopic (exact) mass is 341 g/mol. The number of methoxy groups -OCH3 is 1. The second-order valence-corrected chi connectivity index (χ2v) is 5.65. The highest BCUT2D eigenvalue weighted by Gasteiger charge is 2.13. The number of hydrogen-bond acceptors (Lipinski definition) is 6. The molecule has 0 fully saturated rings. The molecule has 0 spiro atoms. The molecular weight excluding hydrogens is 322 g/mol. The van der Waals surface area contributed by atoms with E-state index in [0.717, 1.165) is 11.0 Å². The van der Waals surface area contributed by atoms with Gasteiger partial charge in [0.15, 0.2) is 17.3 Å². The van der Waals surface area contributed by atoms with Crippen LogP contribution in [0.25, 0.3) is 11.0 Å². The minimum Gasteiger partial charge on any atom is -0.493 e. The molecule has 1 N–H and O–H groups in total. The largest absolute Gasteiger partial charge is 0.493 e. The van der Waals surface area contributed by atoms with Crippen molar-refractivity contribution in [3.63, 3.8) is 0 Å². The summed E-state index contributed by atoms with van der Waals surface area (Å²) in [6.45, 7) is 1.81. The number of benzene rings is 2. The number of rotatable bonds is 7. The fourth-order valence-corrected chi connectivity index (χ4v) is 2.50. The van der Waals surface area contributed by atoms with Crippen LogP contribution in [-0.2, 0) is 6.54 Å². The maximum Gasteiger partial charge on any atom is 0.161 e. The number of carbonyl (C=O) groups excluding carboxylic acids is 1. The highest BCUT2D eigenvalue weighted by atomic mass is 16.5. The highest BCUT2D eigenvalue weighted by molar-refractivity contribution is 5.94. The molecule has 130 valence electrons. The van der Waals surface area contributed by atoms with Gasteiger partial charge in [-0.15, -0.1) is 5.10 Å².